The monoisotopic (exact) mass is 406 g/mol. The maximum absolute atomic E-state index is 12.0. The van der Waals surface area contributed by atoms with Crippen molar-refractivity contribution in [2.45, 2.75) is 12.8 Å². The summed E-state index contributed by atoms with van der Waals surface area (Å²) in [6.07, 6.45) is -1.11. The van der Waals surface area contributed by atoms with Crippen LogP contribution in [0, 0.1) is 0 Å². The van der Waals surface area contributed by atoms with Gasteiger partial charge in [-0.05, 0) is 36.4 Å². The number of carbonyl (C=O) groups excluding carboxylic acids is 4. The molecule has 6 heteroatoms. The zero-order chi connectivity index (χ0) is 17.7. The van der Waals surface area contributed by atoms with E-state index in [0.717, 1.165) is 4.47 Å². The van der Waals surface area contributed by atoms with Gasteiger partial charge in [-0.3, -0.25) is 19.2 Å². The summed E-state index contributed by atoms with van der Waals surface area (Å²) in [7, 11) is 0. The van der Waals surface area contributed by atoms with Crippen LogP contribution in [-0.2, 0) is 9.59 Å². The van der Waals surface area contributed by atoms with Crippen LogP contribution in [0.2, 0.25) is 5.02 Å². The Hall–Kier alpha value is -2.11. The van der Waals surface area contributed by atoms with Crippen molar-refractivity contribution < 1.29 is 19.2 Å². The van der Waals surface area contributed by atoms with E-state index in [-0.39, 0.29) is 0 Å². The van der Waals surface area contributed by atoms with E-state index in [1.807, 2.05) is 0 Å². The summed E-state index contributed by atoms with van der Waals surface area (Å²) in [6, 6.07) is 12.5. The topological polar surface area (TPSA) is 68.3 Å². The molecule has 2 aromatic rings. The van der Waals surface area contributed by atoms with Gasteiger partial charge in [0.05, 0.1) is 12.8 Å². The van der Waals surface area contributed by atoms with Gasteiger partial charge in [-0.2, -0.15) is 0 Å². The second kappa shape index (κ2) is 8.13. The molecule has 0 aliphatic rings. The number of Topliss-reactive ketones (excluding diaryl/α,β-unsaturated/α-hetero) is 4. The Kier molecular flexibility index (Phi) is 6.17. The normalized spacial score (nSPS) is 10.2. The first-order valence-corrected chi connectivity index (χ1v) is 8.17. The van der Waals surface area contributed by atoms with Gasteiger partial charge in [0.15, 0.2) is 11.6 Å². The van der Waals surface area contributed by atoms with Crippen molar-refractivity contribution in [2.24, 2.45) is 0 Å². The summed E-state index contributed by atoms with van der Waals surface area (Å²) in [5, 5.41) is 0.467. The molecule has 4 nitrogen and oxygen atoms in total. The van der Waals surface area contributed by atoms with Crippen molar-refractivity contribution in [1.29, 1.82) is 0 Å². The standard InChI is InChI=1S/C18H12BrClO4/c19-13-5-1-11(2-6-13)15(21)9-17(23)18(24)10-16(22)12-3-7-14(20)8-4-12/h1-8H,9-10H2. The highest BCUT2D eigenvalue weighted by molar-refractivity contribution is 9.10. The minimum Gasteiger partial charge on any atom is -0.294 e. The Morgan fingerprint density at radius 2 is 1.08 bits per heavy atom. The molecular formula is C18H12BrClO4. The average molecular weight is 408 g/mol. The number of carbonyl (C=O) groups is 4. The second-order valence-electron chi connectivity index (χ2n) is 5.06. The van der Waals surface area contributed by atoms with E-state index in [0.29, 0.717) is 16.1 Å². The largest absolute Gasteiger partial charge is 0.294 e. The van der Waals surface area contributed by atoms with Gasteiger partial charge in [-0.1, -0.05) is 39.7 Å². The predicted octanol–water partition coefficient (Wildman–Crippen LogP) is 4.09. The van der Waals surface area contributed by atoms with Gasteiger partial charge in [0.2, 0.25) is 11.6 Å². The van der Waals surface area contributed by atoms with Gasteiger partial charge in [0.25, 0.3) is 0 Å². The highest BCUT2D eigenvalue weighted by Gasteiger charge is 2.22. The maximum Gasteiger partial charge on any atom is 0.206 e. The molecule has 0 spiro atoms. The van der Waals surface area contributed by atoms with E-state index >= 15 is 0 Å². The minimum absolute atomic E-state index is 0.291. The summed E-state index contributed by atoms with van der Waals surface area (Å²) >= 11 is 8.97. The molecule has 0 aliphatic carbocycles. The number of hydrogen-bond acceptors (Lipinski definition) is 4. The Morgan fingerprint density at radius 3 is 1.50 bits per heavy atom. The first kappa shape index (κ1) is 18.2. The lowest BCUT2D eigenvalue weighted by Crippen LogP contribution is -2.21. The van der Waals surface area contributed by atoms with Crippen molar-refractivity contribution in [3.05, 3.63) is 69.2 Å². The van der Waals surface area contributed by atoms with Gasteiger partial charge in [-0.25, -0.2) is 0 Å². The molecule has 0 atom stereocenters. The fourth-order valence-corrected chi connectivity index (χ4v) is 2.35. The van der Waals surface area contributed by atoms with E-state index in [9.17, 15) is 19.2 Å². The van der Waals surface area contributed by atoms with Gasteiger partial charge in [0, 0.05) is 20.6 Å². The lowest BCUT2D eigenvalue weighted by atomic mass is 10.00. The smallest absolute Gasteiger partial charge is 0.206 e. The predicted molar refractivity (Wildman–Crippen MR) is 93.5 cm³/mol. The molecular weight excluding hydrogens is 396 g/mol. The minimum atomic E-state index is -0.875. The SMILES string of the molecule is O=C(CC(=O)c1ccc(Cl)cc1)C(=O)CC(=O)c1ccc(Br)cc1. The van der Waals surface area contributed by atoms with Crippen molar-refractivity contribution in [3.8, 4) is 0 Å². The molecule has 0 amide bonds. The van der Waals surface area contributed by atoms with Gasteiger partial charge in [0.1, 0.15) is 0 Å². The number of ketones is 4. The molecule has 0 radical (unpaired) electrons. The lowest BCUT2D eigenvalue weighted by Gasteiger charge is -2.02. The third kappa shape index (κ3) is 4.94. The van der Waals surface area contributed by atoms with E-state index in [2.05, 4.69) is 15.9 Å². The number of benzene rings is 2. The van der Waals surface area contributed by atoms with Crippen LogP contribution in [-0.4, -0.2) is 23.1 Å². The highest BCUT2D eigenvalue weighted by atomic mass is 79.9. The first-order valence-electron chi connectivity index (χ1n) is 7.00. The van der Waals surface area contributed by atoms with Crippen LogP contribution in [0.1, 0.15) is 33.6 Å². The van der Waals surface area contributed by atoms with Gasteiger partial charge in [-0.15, -0.1) is 0 Å². The van der Waals surface area contributed by atoms with Crippen LogP contribution >= 0.6 is 27.5 Å². The molecule has 0 aromatic heterocycles. The summed E-state index contributed by atoms with van der Waals surface area (Å²) in [5.74, 6) is -2.69. The molecule has 0 saturated carbocycles. The molecule has 0 saturated heterocycles. The maximum atomic E-state index is 12.0. The van der Waals surface area contributed by atoms with E-state index in [1.165, 1.54) is 24.3 Å². The third-order valence-electron chi connectivity index (χ3n) is 3.29. The van der Waals surface area contributed by atoms with Gasteiger partial charge >= 0.3 is 0 Å². The Morgan fingerprint density at radius 1 is 0.708 bits per heavy atom. The Balaban J connectivity index is 1.95. The zero-order valence-corrected chi connectivity index (χ0v) is 14.8. The van der Waals surface area contributed by atoms with Crippen molar-refractivity contribution >= 4 is 50.7 Å². The molecule has 0 bridgehead atoms. The molecule has 0 aliphatic heterocycles. The quantitative estimate of drug-likeness (QED) is 0.394. The first-order chi connectivity index (χ1) is 11.4. The van der Waals surface area contributed by atoms with Crippen LogP contribution in [0.3, 0.4) is 0 Å². The summed E-state index contributed by atoms with van der Waals surface area (Å²) in [5.41, 5.74) is 0.628. The molecule has 0 fully saturated rings. The zero-order valence-electron chi connectivity index (χ0n) is 12.4. The van der Waals surface area contributed by atoms with E-state index in [1.54, 1.807) is 24.3 Å². The van der Waals surface area contributed by atoms with Crippen LogP contribution < -0.4 is 0 Å². The molecule has 0 unspecified atom stereocenters. The van der Waals surface area contributed by atoms with Crippen LogP contribution in [0.4, 0.5) is 0 Å². The van der Waals surface area contributed by atoms with Crippen LogP contribution in [0.25, 0.3) is 0 Å². The lowest BCUT2D eigenvalue weighted by molar-refractivity contribution is -0.135. The summed E-state index contributed by atoms with van der Waals surface area (Å²) in [4.78, 5) is 47.7. The summed E-state index contributed by atoms with van der Waals surface area (Å²) < 4.78 is 0.801. The molecule has 122 valence electrons. The van der Waals surface area contributed by atoms with E-state index in [4.69, 9.17) is 11.6 Å². The average Bonchev–Trinajstić information content (AvgIpc) is 2.55. The van der Waals surface area contributed by atoms with E-state index < -0.39 is 36.0 Å². The number of halogens is 2. The highest BCUT2D eigenvalue weighted by Crippen LogP contribution is 2.14. The Labute approximate surface area is 151 Å². The van der Waals surface area contributed by atoms with Crippen molar-refractivity contribution in [2.75, 3.05) is 0 Å². The third-order valence-corrected chi connectivity index (χ3v) is 4.07. The van der Waals surface area contributed by atoms with Crippen molar-refractivity contribution in [1.82, 2.24) is 0 Å². The second-order valence-corrected chi connectivity index (χ2v) is 6.41. The molecule has 2 rings (SSSR count). The number of rotatable bonds is 7. The molecule has 24 heavy (non-hydrogen) atoms. The van der Waals surface area contributed by atoms with Crippen molar-refractivity contribution in [3.63, 3.8) is 0 Å². The van der Waals surface area contributed by atoms with Gasteiger partial charge < -0.3 is 0 Å². The molecule has 2 aromatic carbocycles. The molecule has 0 heterocycles. The fraction of sp³-hybridized carbons (Fsp3) is 0.111. The summed E-state index contributed by atoms with van der Waals surface area (Å²) in [6.45, 7) is 0. The molecule has 0 N–H and O–H groups in total. The Bertz CT molecular complexity index is 725. The fourth-order valence-electron chi connectivity index (χ4n) is 1.96. The van der Waals surface area contributed by atoms with Crippen LogP contribution in [0.5, 0.6) is 0 Å². The number of hydrogen-bond donors (Lipinski definition) is 0. The van der Waals surface area contributed by atoms with Crippen LogP contribution in [0.15, 0.2) is 53.0 Å².